The molecule has 0 fully saturated rings. The van der Waals surface area contributed by atoms with E-state index in [0.717, 1.165) is 23.8 Å². The summed E-state index contributed by atoms with van der Waals surface area (Å²) in [7, 11) is -4.09. The van der Waals surface area contributed by atoms with Crippen LogP contribution < -0.4 is 4.72 Å². The third-order valence-electron chi connectivity index (χ3n) is 3.17. The third kappa shape index (κ3) is 3.80. The summed E-state index contributed by atoms with van der Waals surface area (Å²) in [6.07, 6.45) is 0.612. The fourth-order valence-electron chi connectivity index (χ4n) is 1.92. The molecule has 0 saturated carbocycles. The van der Waals surface area contributed by atoms with Crippen molar-refractivity contribution in [2.45, 2.75) is 18.2 Å². The lowest BCUT2D eigenvalue weighted by atomic mass is 10.1. The van der Waals surface area contributed by atoms with E-state index in [2.05, 4.69) is 4.72 Å². The van der Waals surface area contributed by atoms with Crippen LogP contribution in [0.1, 0.15) is 22.8 Å². The second kappa shape index (κ2) is 6.55. The van der Waals surface area contributed by atoms with E-state index in [-0.39, 0.29) is 21.2 Å². The molecule has 0 aliphatic rings. The maximum atomic E-state index is 13.1. The number of anilines is 1. The van der Waals surface area contributed by atoms with E-state index in [1.165, 1.54) is 12.1 Å². The molecular weight excluding hydrogens is 345 g/mol. The number of benzene rings is 2. The molecule has 0 saturated heterocycles. The standard InChI is InChI=1S/C15H13ClFNO4S/c1-2-9-3-6-14(11(7-9)15(19)20)18-23(21,22)10-4-5-13(17)12(16)8-10/h3-8,18H,2H2,1H3,(H,19,20). The predicted molar refractivity (Wildman–Crippen MR) is 85.0 cm³/mol. The Labute approximate surface area is 137 Å². The minimum atomic E-state index is -4.09. The number of sulfonamides is 1. The quantitative estimate of drug-likeness (QED) is 0.857. The zero-order valence-corrected chi connectivity index (χ0v) is 13.6. The minimum absolute atomic E-state index is 0.0739. The molecule has 0 aliphatic carbocycles. The molecule has 0 heterocycles. The van der Waals surface area contributed by atoms with Gasteiger partial charge in [0, 0.05) is 0 Å². The molecule has 0 radical (unpaired) electrons. The number of carboxylic acid groups (broad SMARTS) is 1. The fourth-order valence-corrected chi connectivity index (χ4v) is 3.28. The Hall–Kier alpha value is -2.12. The van der Waals surface area contributed by atoms with Crippen LogP contribution in [0, 0.1) is 5.82 Å². The first-order chi connectivity index (χ1) is 10.7. The van der Waals surface area contributed by atoms with E-state index >= 15 is 0 Å². The van der Waals surface area contributed by atoms with Crippen molar-refractivity contribution in [2.24, 2.45) is 0 Å². The van der Waals surface area contributed by atoms with Gasteiger partial charge in [-0.1, -0.05) is 24.6 Å². The Balaban J connectivity index is 2.44. The van der Waals surface area contributed by atoms with Crippen molar-refractivity contribution in [3.8, 4) is 0 Å². The number of carboxylic acids is 1. The molecule has 0 atom stereocenters. The van der Waals surface area contributed by atoms with Gasteiger partial charge < -0.3 is 5.11 Å². The van der Waals surface area contributed by atoms with Gasteiger partial charge in [0.2, 0.25) is 0 Å². The van der Waals surface area contributed by atoms with Gasteiger partial charge in [-0.2, -0.15) is 0 Å². The van der Waals surface area contributed by atoms with Crippen LogP contribution in [0.5, 0.6) is 0 Å². The topological polar surface area (TPSA) is 83.5 Å². The number of rotatable bonds is 5. The van der Waals surface area contributed by atoms with Crippen molar-refractivity contribution in [1.29, 1.82) is 0 Å². The molecular formula is C15H13ClFNO4S. The fraction of sp³-hybridized carbons (Fsp3) is 0.133. The van der Waals surface area contributed by atoms with Gasteiger partial charge in [-0.15, -0.1) is 0 Å². The molecule has 2 aromatic carbocycles. The van der Waals surface area contributed by atoms with Crippen LogP contribution in [0.25, 0.3) is 0 Å². The molecule has 0 amide bonds. The SMILES string of the molecule is CCc1ccc(NS(=O)(=O)c2ccc(F)c(Cl)c2)c(C(=O)O)c1. The summed E-state index contributed by atoms with van der Waals surface area (Å²) in [6.45, 7) is 1.85. The number of aryl methyl sites for hydroxylation is 1. The van der Waals surface area contributed by atoms with Crippen molar-refractivity contribution in [3.05, 3.63) is 58.4 Å². The van der Waals surface area contributed by atoms with Gasteiger partial charge in [0.1, 0.15) is 5.82 Å². The molecule has 122 valence electrons. The summed E-state index contributed by atoms with van der Waals surface area (Å²) in [5.41, 5.74) is 0.520. The summed E-state index contributed by atoms with van der Waals surface area (Å²) >= 11 is 5.58. The molecule has 0 aromatic heterocycles. The zero-order valence-electron chi connectivity index (χ0n) is 12.0. The lowest BCUT2D eigenvalue weighted by Crippen LogP contribution is -2.16. The van der Waals surface area contributed by atoms with Gasteiger partial charge in [0.25, 0.3) is 10.0 Å². The maximum Gasteiger partial charge on any atom is 0.337 e. The van der Waals surface area contributed by atoms with E-state index in [4.69, 9.17) is 11.6 Å². The lowest BCUT2D eigenvalue weighted by Gasteiger charge is -2.12. The second-order valence-corrected chi connectivity index (χ2v) is 6.81. The number of halogens is 2. The number of carbonyl (C=O) groups is 1. The predicted octanol–water partition coefficient (Wildman–Crippen LogP) is 3.54. The van der Waals surface area contributed by atoms with Crippen molar-refractivity contribution >= 4 is 33.3 Å². The summed E-state index contributed by atoms with van der Waals surface area (Å²) in [5, 5.41) is 8.89. The Morgan fingerprint density at radius 3 is 2.52 bits per heavy atom. The first-order valence-electron chi connectivity index (χ1n) is 6.58. The van der Waals surface area contributed by atoms with Gasteiger partial charge in [0.05, 0.1) is 21.2 Å². The average molecular weight is 358 g/mol. The Kier molecular flexibility index (Phi) is 4.91. The van der Waals surface area contributed by atoms with E-state index in [1.54, 1.807) is 6.07 Å². The Bertz CT molecular complexity index is 868. The Morgan fingerprint density at radius 1 is 1.26 bits per heavy atom. The van der Waals surface area contributed by atoms with Crippen LogP contribution in [-0.4, -0.2) is 19.5 Å². The molecule has 0 aliphatic heterocycles. The van der Waals surface area contributed by atoms with Crippen molar-refractivity contribution < 1.29 is 22.7 Å². The normalized spacial score (nSPS) is 11.3. The highest BCUT2D eigenvalue weighted by Crippen LogP contribution is 2.24. The molecule has 0 unspecified atom stereocenters. The van der Waals surface area contributed by atoms with Crippen LogP contribution in [0.2, 0.25) is 5.02 Å². The van der Waals surface area contributed by atoms with Crippen LogP contribution >= 0.6 is 11.6 Å². The average Bonchev–Trinajstić information content (AvgIpc) is 2.49. The second-order valence-electron chi connectivity index (χ2n) is 4.72. The number of aromatic carboxylic acids is 1. The summed E-state index contributed by atoms with van der Waals surface area (Å²) < 4.78 is 40.0. The monoisotopic (exact) mass is 357 g/mol. The number of hydrogen-bond acceptors (Lipinski definition) is 3. The van der Waals surface area contributed by atoms with Crippen LogP contribution in [0.15, 0.2) is 41.3 Å². The molecule has 0 bridgehead atoms. The van der Waals surface area contributed by atoms with Crippen LogP contribution in [0.3, 0.4) is 0 Å². The van der Waals surface area contributed by atoms with Gasteiger partial charge >= 0.3 is 5.97 Å². The van der Waals surface area contributed by atoms with Crippen molar-refractivity contribution in [3.63, 3.8) is 0 Å². The lowest BCUT2D eigenvalue weighted by molar-refractivity contribution is 0.0698. The summed E-state index contributed by atoms with van der Waals surface area (Å²) in [5.74, 6) is -2.00. The zero-order chi connectivity index (χ0) is 17.2. The molecule has 2 N–H and O–H groups in total. The highest BCUT2D eigenvalue weighted by Gasteiger charge is 2.20. The van der Waals surface area contributed by atoms with Gasteiger partial charge in [-0.3, -0.25) is 4.72 Å². The highest BCUT2D eigenvalue weighted by molar-refractivity contribution is 7.92. The molecule has 5 nitrogen and oxygen atoms in total. The van der Waals surface area contributed by atoms with E-state index in [0.29, 0.717) is 6.42 Å². The largest absolute Gasteiger partial charge is 0.478 e. The minimum Gasteiger partial charge on any atom is -0.478 e. The number of hydrogen-bond donors (Lipinski definition) is 2. The first-order valence-corrected chi connectivity index (χ1v) is 8.45. The summed E-state index contributed by atoms with van der Waals surface area (Å²) in [6, 6.07) is 7.34. The van der Waals surface area contributed by atoms with Crippen LogP contribution in [-0.2, 0) is 16.4 Å². The highest BCUT2D eigenvalue weighted by atomic mass is 35.5. The number of nitrogens with one attached hydrogen (secondary N) is 1. The molecule has 0 spiro atoms. The van der Waals surface area contributed by atoms with E-state index in [9.17, 15) is 22.7 Å². The van der Waals surface area contributed by atoms with Gasteiger partial charge in [-0.25, -0.2) is 17.6 Å². The van der Waals surface area contributed by atoms with Crippen LogP contribution in [0.4, 0.5) is 10.1 Å². The first kappa shape index (κ1) is 17.2. The van der Waals surface area contributed by atoms with E-state index < -0.39 is 21.8 Å². The third-order valence-corrected chi connectivity index (χ3v) is 4.82. The van der Waals surface area contributed by atoms with Crippen molar-refractivity contribution in [1.82, 2.24) is 0 Å². The van der Waals surface area contributed by atoms with Crippen molar-refractivity contribution in [2.75, 3.05) is 4.72 Å². The Morgan fingerprint density at radius 2 is 1.96 bits per heavy atom. The van der Waals surface area contributed by atoms with E-state index in [1.807, 2.05) is 6.92 Å². The molecule has 2 aromatic rings. The molecule has 8 heteroatoms. The molecule has 23 heavy (non-hydrogen) atoms. The summed E-state index contributed by atoms with van der Waals surface area (Å²) in [4.78, 5) is 11.0. The maximum absolute atomic E-state index is 13.1. The molecule has 2 rings (SSSR count). The van der Waals surface area contributed by atoms with Gasteiger partial charge in [-0.05, 0) is 42.3 Å². The van der Waals surface area contributed by atoms with Gasteiger partial charge in [0.15, 0.2) is 0 Å². The smallest absolute Gasteiger partial charge is 0.337 e.